The Bertz CT molecular complexity index is 362. The van der Waals surface area contributed by atoms with Gasteiger partial charge in [-0.15, -0.1) is 0 Å². The van der Waals surface area contributed by atoms with Crippen LogP contribution in [0.3, 0.4) is 0 Å². The van der Waals surface area contributed by atoms with Gasteiger partial charge in [0.2, 0.25) is 0 Å². The predicted octanol–water partition coefficient (Wildman–Crippen LogP) is 2.23. The van der Waals surface area contributed by atoms with Gasteiger partial charge in [-0.25, -0.2) is 0 Å². The molecule has 2 heteroatoms. The maximum Gasteiger partial charge on any atom is 0.168 e. The third kappa shape index (κ3) is 0.857. The van der Waals surface area contributed by atoms with Gasteiger partial charge in [-0.05, 0) is 18.4 Å². The summed E-state index contributed by atoms with van der Waals surface area (Å²) in [6.45, 7) is 0. The molecular formula is C11H11NO. The van der Waals surface area contributed by atoms with Crippen molar-refractivity contribution in [3.05, 3.63) is 35.4 Å². The van der Waals surface area contributed by atoms with E-state index >= 15 is 0 Å². The number of nitrogens with zero attached hydrogens (tertiary/aromatic N) is 1. The zero-order chi connectivity index (χ0) is 8.73. The Hall–Kier alpha value is -1.31. The minimum atomic E-state index is -0.101. The van der Waals surface area contributed by atoms with E-state index in [1.54, 1.807) is 0 Å². The molecule has 0 fully saturated rings. The van der Waals surface area contributed by atoms with E-state index in [2.05, 4.69) is 29.4 Å². The summed E-state index contributed by atoms with van der Waals surface area (Å²) in [6.07, 6.45) is 5.01. The van der Waals surface area contributed by atoms with Crippen LogP contribution in [-0.4, -0.2) is 6.21 Å². The topological polar surface area (TPSA) is 21.6 Å². The molecule has 1 heterocycles. The fraction of sp³-hybridized carbons (Fsp3) is 0.364. The lowest BCUT2D eigenvalue weighted by atomic mass is 9.93. The summed E-state index contributed by atoms with van der Waals surface area (Å²) in [4.78, 5) is 5.50. The predicted molar refractivity (Wildman–Crippen MR) is 50.6 cm³/mol. The molecule has 1 spiro atoms. The smallest absolute Gasteiger partial charge is 0.168 e. The van der Waals surface area contributed by atoms with Crippen molar-refractivity contribution < 1.29 is 4.84 Å². The van der Waals surface area contributed by atoms with Crippen LogP contribution in [0.15, 0.2) is 29.4 Å². The summed E-state index contributed by atoms with van der Waals surface area (Å²) >= 11 is 0. The van der Waals surface area contributed by atoms with Crippen molar-refractivity contribution in [1.82, 2.24) is 0 Å². The molecule has 1 aliphatic carbocycles. The van der Waals surface area contributed by atoms with Crippen LogP contribution in [-0.2, 0) is 16.9 Å². The molecule has 0 radical (unpaired) electrons. The quantitative estimate of drug-likeness (QED) is 0.589. The fourth-order valence-corrected chi connectivity index (χ4v) is 2.32. The maximum atomic E-state index is 5.50. The van der Waals surface area contributed by atoms with Gasteiger partial charge in [0.05, 0.1) is 0 Å². The van der Waals surface area contributed by atoms with E-state index in [9.17, 15) is 0 Å². The van der Waals surface area contributed by atoms with Crippen molar-refractivity contribution in [2.45, 2.75) is 24.9 Å². The van der Waals surface area contributed by atoms with Crippen LogP contribution >= 0.6 is 0 Å². The minimum absolute atomic E-state index is 0.101. The summed E-state index contributed by atoms with van der Waals surface area (Å²) in [7, 11) is 0. The summed E-state index contributed by atoms with van der Waals surface area (Å²) in [5.41, 5.74) is 2.66. The van der Waals surface area contributed by atoms with Gasteiger partial charge in [-0.3, -0.25) is 0 Å². The highest BCUT2D eigenvalue weighted by Gasteiger charge is 2.42. The first kappa shape index (κ1) is 7.13. The maximum absolute atomic E-state index is 5.50. The molecule has 1 aromatic carbocycles. The molecule has 3 rings (SSSR count). The van der Waals surface area contributed by atoms with Gasteiger partial charge in [-0.2, -0.15) is 0 Å². The lowest BCUT2D eigenvalue weighted by Gasteiger charge is -2.21. The molecule has 0 aromatic heterocycles. The molecule has 66 valence electrons. The van der Waals surface area contributed by atoms with Gasteiger partial charge in [0.15, 0.2) is 5.60 Å². The van der Waals surface area contributed by atoms with Crippen molar-refractivity contribution in [1.29, 1.82) is 0 Å². The molecule has 2 aliphatic rings. The van der Waals surface area contributed by atoms with Crippen LogP contribution in [0.2, 0.25) is 0 Å². The van der Waals surface area contributed by atoms with E-state index < -0.39 is 0 Å². The van der Waals surface area contributed by atoms with Gasteiger partial charge in [-0.1, -0.05) is 29.4 Å². The van der Waals surface area contributed by atoms with Gasteiger partial charge < -0.3 is 4.84 Å². The van der Waals surface area contributed by atoms with Crippen LogP contribution in [0.5, 0.6) is 0 Å². The van der Waals surface area contributed by atoms with Crippen LogP contribution in [0.25, 0.3) is 0 Å². The number of oxime groups is 1. The second-order valence-electron chi connectivity index (χ2n) is 3.73. The van der Waals surface area contributed by atoms with Crippen molar-refractivity contribution in [2.75, 3.05) is 0 Å². The second kappa shape index (κ2) is 2.34. The Morgan fingerprint density at radius 2 is 2.23 bits per heavy atom. The number of hydrogen-bond acceptors (Lipinski definition) is 2. The van der Waals surface area contributed by atoms with Gasteiger partial charge in [0.1, 0.15) is 0 Å². The monoisotopic (exact) mass is 173 g/mol. The van der Waals surface area contributed by atoms with E-state index in [-0.39, 0.29) is 5.60 Å². The first-order valence-electron chi connectivity index (χ1n) is 4.69. The summed E-state index contributed by atoms with van der Waals surface area (Å²) in [6, 6.07) is 8.52. The highest BCUT2D eigenvalue weighted by atomic mass is 16.7. The summed E-state index contributed by atoms with van der Waals surface area (Å²) in [5.74, 6) is 0. The molecule has 1 atom stereocenters. The Labute approximate surface area is 77.2 Å². The molecule has 0 amide bonds. The third-order valence-corrected chi connectivity index (χ3v) is 3.03. The SMILES string of the molecule is C1=NOC2(C1)CCc1ccccc12. The van der Waals surface area contributed by atoms with E-state index in [0.29, 0.717) is 0 Å². The average Bonchev–Trinajstić information content (AvgIpc) is 2.78. The molecule has 0 bridgehead atoms. The largest absolute Gasteiger partial charge is 0.384 e. The second-order valence-corrected chi connectivity index (χ2v) is 3.73. The normalized spacial score (nSPS) is 29.2. The number of hydrogen-bond donors (Lipinski definition) is 0. The summed E-state index contributed by atoms with van der Waals surface area (Å²) < 4.78 is 0. The van der Waals surface area contributed by atoms with Crippen molar-refractivity contribution in [3.63, 3.8) is 0 Å². The molecule has 2 nitrogen and oxygen atoms in total. The minimum Gasteiger partial charge on any atom is -0.384 e. The Kier molecular flexibility index (Phi) is 1.29. The van der Waals surface area contributed by atoms with E-state index in [1.807, 2.05) is 6.21 Å². The van der Waals surface area contributed by atoms with E-state index in [1.165, 1.54) is 11.1 Å². The number of benzene rings is 1. The third-order valence-electron chi connectivity index (χ3n) is 3.03. The first-order valence-corrected chi connectivity index (χ1v) is 4.69. The van der Waals surface area contributed by atoms with Crippen molar-refractivity contribution in [2.24, 2.45) is 5.16 Å². The molecule has 1 aliphatic heterocycles. The Morgan fingerprint density at radius 3 is 3.08 bits per heavy atom. The summed E-state index contributed by atoms with van der Waals surface area (Å²) in [5, 5.41) is 3.89. The highest BCUT2D eigenvalue weighted by molar-refractivity contribution is 5.62. The van der Waals surface area contributed by atoms with Gasteiger partial charge in [0.25, 0.3) is 0 Å². The lowest BCUT2D eigenvalue weighted by Crippen LogP contribution is -2.21. The van der Waals surface area contributed by atoms with Crippen molar-refractivity contribution in [3.8, 4) is 0 Å². The Balaban J connectivity index is 2.12. The molecule has 0 saturated heterocycles. The molecule has 0 saturated carbocycles. The van der Waals surface area contributed by atoms with Gasteiger partial charge in [0, 0.05) is 18.2 Å². The van der Waals surface area contributed by atoms with Crippen LogP contribution in [0.4, 0.5) is 0 Å². The molecule has 1 aromatic rings. The fourth-order valence-electron chi connectivity index (χ4n) is 2.32. The van der Waals surface area contributed by atoms with Crippen molar-refractivity contribution >= 4 is 6.21 Å². The van der Waals surface area contributed by atoms with E-state index in [4.69, 9.17) is 4.84 Å². The zero-order valence-electron chi connectivity index (χ0n) is 7.36. The first-order chi connectivity index (χ1) is 6.41. The molecule has 0 N–H and O–H groups in total. The lowest BCUT2D eigenvalue weighted by molar-refractivity contribution is -0.0215. The van der Waals surface area contributed by atoms with Crippen LogP contribution < -0.4 is 0 Å². The Morgan fingerprint density at radius 1 is 1.31 bits per heavy atom. The van der Waals surface area contributed by atoms with E-state index in [0.717, 1.165) is 19.3 Å². The number of rotatable bonds is 0. The average molecular weight is 173 g/mol. The highest BCUT2D eigenvalue weighted by Crippen LogP contribution is 2.44. The van der Waals surface area contributed by atoms with Crippen LogP contribution in [0, 0.1) is 0 Å². The standard InChI is InChI=1S/C11H11NO/c1-2-4-10-9(3-1)5-6-11(10)7-8-12-13-11/h1-4,8H,5-7H2. The zero-order valence-corrected chi connectivity index (χ0v) is 7.36. The molecule has 1 unspecified atom stereocenters. The van der Waals surface area contributed by atoms with Crippen LogP contribution in [0.1, 0.15) is 24.0 Å². The molecular weight excluding hydrogens is 162 g/mol. The molecule has 13 heavy (non-hydrogen) atoms. The number of aryl methyl sites for hydroxylation is 1. The van der Waals surface area contributed by atoms with Gasteiger partial charge >= 0.3 is 0 Å². The number of fused-ring (bicyclic) bond motifs is 2.